The summed E-state index contributed by atoms with van der Waals surface area (Å²) < 4.78 is 5.38. The van der Waals surface area contributed by atoms with Gasteiger partial charge in [-0.15, -0.1) is 0 Å². The summed E-state index contributed by atoms with van der Waals surface area (Å²) in [5.41, 5.74) is 0. The third kappa shape index (κ3) is 13.4. The Balaban J connectivity index is 2.89. The average Bonchev–Trinajstić information content (AvgIpc) is 2.20. The Hall–Kier alpha value is -0.610. The topological polar surface area (TPSA) is 58.6 Å². The van der Waals surface area contributed by atoms with Crippen molar-refractivity contribution in [1.29, 1.82) is 0 Å². The molecule has 0 aromatic carbocycles. The van der Waals surface area contributed by atoms with Crippen LogP contribution in [0.2, 0.25) is 0 Å². The zero-order valence-corrected chi connectivity index (χ0v) is 9.63. The van der Waals surface area contributed by atoms with E-state index in [0.717, 1.165) is 39.1 Å². The number of hydrogen-bond donors (Lipinski definition) is 2. The van der Waals surface area contributed by atoms with Gasteiger partial charge in [-0.05, 0) is 32.4 Å². The van der Waals surface area contributed by atoms with Gasteiger partial charge in [0.15, 0.2) is 0 Å². The molecule has 0 saturated heterocycles. The van der Waals surface area contributed by atoms with Gasteiger partial charge in [-0.25, -0.2) is 0 Å². The number of carboxylic acids is 1. The van der Waals surface area contributed by atoms with Crippen molar-refractivity contribution in [2.75, 3.05) is 26.3 Å². The van der Waals surface area contributed by atoms with Crippen LogP contribution in [0.4, 0.5) is 0 Å². The van der Waals surface area contributed by atoms with Crippen molar-refractivity contribution >= 4 is 5.97 Å². The minimum absolute atomic E-state index is 0.250. The van der Waals surface area contributed by atoms with E-state index < -0.39 is 5.97 Å². The second-order valence-electron chi connectivity index (χ2n) is 3.57. The maximum absolute atomic E-state index is 10.2. The van der Waals surface area contributed by atoms with Gasteiger partial charge in [0, 0.05) is 19.6 Å². The Morgan fingerprint density at radius 2 is 1.87 bits per heavy atom. The monoisotopic (exact) mass is 217 g/mol. The van der Waals surface area contributed by atoms with E-state index in [1.54, 1.807) is 0 Å². The summed E-state index contributed by atoms with van der Waals surface area (Å²) in [6.45, 7) is 5.49. The van der Waals surface area contributed by atoms with Crippen LogP contribution in [0.15, 0.2) is 0 Å². The van der Waals surface area contributed by atoms with Gasteiger partial charge in [-0.1, -0.05) is 13.3 Å². The summed E-state index contributed by atoms with van der Waals surface area (Å²) in [4.78, 5) is 10.2. The van der Waals surface area contributed by atoms with Gasteiger partial charge < -0.3 is 15.2 Å². The molecule has 2 N–H and O–H groups in total. The Morgan fingerprint density at radius 3 is 2.53 bits per heavy atom. The molecule has 0 bridgehead atoms. The molecule has 4 nitrogen and oxygen atoms in total. The van der Waals surface area contributed by atoms with Gasteiger partial charge in [0.25, 0.3) is 0 Å². The second kappa shape index (κ2) is 11.5. The first kappa shape index (κ1) is 14.4. The fraction of sp³-hybridized carbons (Fsp3) is 0.909. The Bertz CT molecular complexity index is 151. The molecular weight excluding hydrogens is 194 g/mol. The molecule has 0 aliphatic heterocycles. The van der Waals surface area contributed by atoms with Gasteiger partial charge in [0.1, 0.15) is 0 Å². The maximum Gasteiger partial charge on any atom is 0.303 e. The van der Waals surface area contributed by atoms with E-state index in [-0.39, 0.29) is 6.42 Å². The lowest BCUT2D eigenvalue weighted by atomic mass is 10.3. The molecule has 4 heteroatoms. The largest absolute Gasteiger partial charge is 0.481 e. The molecule has 0 radical (unpaired) electrons. The number of carbonyl (C=O) groups is 1. The predicted molar refractivity (Wildman–Crippen MR) is 60.1 cm³/mol. The number of hydrogen-bond acceptors (Lipinski definition) is 3. The SMILES string of the molecule is CCCCOCCCNCCCC(=O)O. The van der Waals surface area contributed by atoms with E-state index in [1.165, 1.54) is 6.42 Å². The standard InChI is InChI=1S/C11H23NO3/c1-2-3-9-15-10-5-8-12-7-4-6-11(13)14/h12H,2-10H2,1H3,(H,13,14). The van der Waals surface area contributed by atoms with E-state index in [2.05, 4.69) is 12.2 Å². The van der Waals surface area contributed by atoms with E-state index in [4.69, 9.17) is 9.84 Å². The number of nitrogens with one attached hydrogen (secondary N) is 1. The number of carboxylic acid groups (broad SMARTS) is 1. The van der Waals surface area contributed by atoms with Crippen molar-refractivity contribution in [3.8, 4) is 0 Å². The van der Waals surface area contributed by atoms with Crippen molar-refractivity contribution in [2.24, 2.45) is 0 Å². The van der Waals surface area contributed by atoms with Crippen LogP contribution >= 0.6 is 0 Å². The highest BCUT2D eigenvalue weighted by molar-refractivity contribution is 5.66. The fourth-order valence-electron chi connectivity index (χ4n) is 1.14. The van der Waals surface area contributed by atoms with Gasteiger partial charge >= 0.3 is 5.97 Å². The molecule has 0 heterocycles. The van der Waals surface area contributed by atoms with E-state index in [9.17, 15) is 4.79 Å². The third-order valence-corrected chi connectivity index (χ3v) is 2.03. The van der Waals surface area contributed by atoms with E-state index in [0.29, 0.717) is 6.42 Å². The molecule has 0 rings (SSSR count). The first-order valence-corrected chi connectivity index (χ1v) is 5.77. The molecular formula is C11H23NO3. The van der Waals surface area contributed by atoms with Crippen molar-refractivity contribution in [3.05, 3.63) is 0 Å². The summed E-state index contributed by atoms with van der Waals surface area (Å²) in [5.74, 6) is -0.723. The lowest BCUT2D eigenvalue weighted by Crippen LogP contribution is -2.19. The molecule has 15 heavy (non-hydrogen) atoms. The lowest BCUT2D eigenvalue weighted by Gasteiger charge is -2.04. The zero-order valence-electron chi connectivity index (χ0n) is 9.63. The first-order valence-electron chi connectivity index (χ1n) is 5.77. The summed E-state index contributed by atoms with van der Waals surface area (Å²) in [5, 5.41) is 11.6. The van der Waals surface area contributed by atoms with Crippen molar-refractivity contribution in [3.63, 3.8) is 0 Å². The number of aliphatic carboxylic acids is 1. The van der Waals surface area contributed by atoms with Crippen LogP contribution in [0.3, 0.4) is 0 Å². The smallest absolute Gasteiger partial charge is 0.303 e. The molecule has 0 saturated carbocycles. The third-order valence-electron chi connectivity index (χ3n) is 2.03. The van der Waals surface area contributed by atoms with Gasteiger partial charge in [-0.2, -0.15) is 0 Å². The van der Waals surface area contributed by atoms with Crippen LogP contribution in [-0.4, -0.2) is 37.4 Å². The highest BCUT2D eigenvalue weighted by Gasteiger charge is 1.95. The summed E-state index contributed by atoms with van der Waals surface area (Å²) >= 11 is 0. The zero-order chi connectivity index (χ0) is 11.4. The summed E-state index contributed by atoms with van der Waals surface area (Å²) in [6, 6.07) is 0. The molecule has 90 valence electrons. The first-order chi connectivity index (χ1) is 7.27. The Labute approximate surface area is 92.0 Å². The normalized spacial score (nSPS) is 10.5. The van der Waals surface area contributed by atoms with Gasteiger partial charge in [-0.3, -0.25) is 4.79 Å². The van der Waals surface area contributed by atoms with Gasteiger partial charge in [0.05, 0.1) is 0 Å². The molecule has 0 fully saturated rings. The van der Waals surface area contributed by atoms with Crippen molar-refractivity contribution < 1.29 is 14.6 Å². The molecule has 0 aliphatic carbocycles. The van der Waals surface area contributed by atoms with Gasteiger partial charge in [0.2, 0.25) is 0 Å². The van der Waals surface area contributed by atoms with Crippen LogP contribution in [0.1, 0.15) is 39.0 Å². The second-order valence-corrected chi connectivity index (χ2v) is 3.57. The van der Waals surface area contributed by atoms with E-state index in [1.807, 2.05) is 0 Å². The van der Waals surface area contributed by atoms with Crippen LogP contribution in [-0.2, 0) is 9.53 Å². The molecule has 0 unspecified atom stereocenters. The summed E-state index contributed by atoms with van der Waals surface area (Å²) in [6.07, 6.45) is 4.25. The number of unbranched alkanes of at least 4 members (excludes halogenated alkanes) is 1. The highest BCUT2D eigenvalue weighted by atomic mass is 16.5. The highest BCUT2D eigenvalue weighted by Crippen LogP contribution is 1.90. The van der Waals surface area contributed by atoms with Crippen LogP contribution in [0.5, 0.6) is 0 Å². The molecule has 0 aromatic rings. The quantitative estimate of drug-likeness (QED) is 0.517. The van der Waals surface area contributed by atoms with Crippen LogP contribution in [0.25, 0.3) is 0 Å². The molecule has 0 spiro atoms. The molecule has 0 amide bonds. The van der Waals surface area contributed by atoms with E-state index >= 15 is 0 Å². The van der Waals surface area contributed by atoms with Crippen molar-refractivity contribution in [2.45, 2.75) is 39.0 Å². The average molecular weight is 217 g/mol. The number of ether oxygens (including phenoxy) is 1. The maximum atomic E-state index is 10.2. The molecule has 0 atom stereocenters. The number of rotatable bonds is 11. The summed E-state index contributed by atoms with van der Waals surface area (Å²) in [7, 11) is 0. The fourth-order valence-corrected chi connectivity index (χ4v) is 1.14. The minimum Gasteiger partial charge on any atom is -0.481 e. The van der Waals surface area contributed by atoms with Crippen LogP contribution in [0, 0.1) is 0 Å². The predicted octanol–water partition coefficient (Wildman–Crippen LogP) is 1.65. The molecule has 0 aromatic heterocycles. The van der Waals surface area contributed by atoms with Crippen molar-refractivity contribution in [1.82, 2.24) is 5.32 Å². The Morgan fingerprint density at radius 1 is 1.20 bits per heavy atom. The molecule has 0 aliphatic rings. The minimum atomic E-state index is -0.723. The lowest BCUT2D eigenvalue weighted by molar-refractivity contribution is -0.137. The van der Waals surface area contributed by atoms with Crippen LogP contribution < -0.4 is 5.32 Å². The Kier molecular flexibility index (Phi) is 11.0.